The number of amides is 5. The van der Waals surface area contributed by atoms with Gasteiger partial charge in [-0.05, 0) is 218 Å². The Kier molecular flexibility index (Phi) is 27.2. The molecule has 6 aromatic heterocycles. The Morgan fingerprint density at radius 2 is 0.805 bits per heavy atom. The van der Waals surface area contributed by atoms with Crippen LogP contribution in [0.2, 0.25) is 5.28 Å². The number of hydrogen-bond acceptors (Lipinski definition) is 25. The minimum atomic E-state index is -4.01. The average Bonchev–Trinajstić information content (AvgIpc) is 1.58. The van der Waals surface area contributed by atoms with E-state index in [-0.39, 0.29) is 78.5 Å². The molecule has 3 saturated carbocycles. The number of benzene rings is 4. The normalized spacial score (nSPS) is 16.5. The quantitative estimate of drug-likeness (QED) is 0.0263. The van der Waals surface area contributed by atoms with E-state index in [2.05, 4.69) is 70.5 Å². The molecule has 6 aliphatic rings. The molecule has 3 fully saturated rings. The van der Waals surface area contributed by atoms with Crippen molar-refractivity contribution in [3.05, 3.63) is 156 Å². The van der Waals surface area contributed by atoms with Crippen molar-refractivity contribution >= 4 is 150 Å². The average molecular weight is 1720 g/mol. The maximum atomic E-state index is 13.1. The summed E-state index contributed by atoms with van der Waals surface area (Å²) in [5, 5.41) is 33.6. The summed E-state index contributed by atoms with van der Waals surface area (Å²) in [5.41, 5.74) is 14.7. The molecule has 1 unspecified atom stereocenters. The molecule has 3 aliphatic heterocycles. The molecule has 3 aliphatic carbocycles. The van der Waals surface area contributed by atoms with Gasteiger partial charge in [0.1, 0.15) is 45.2 Å². The summed E-state index contributed by atoms with van der Waals surface area (Å²) < 4.78 is 115. The highest BCUT2D eigenvalue weighted by Gasteiger charge is 2.45. The Labute approximate surface area is 689 Å². The second-order valence-electron chi connectivity index (χ2n) is 30.8. The summed E-state index contributed by atoms with van der Waals surface area (Å²) >= 11 is 3.80. The number of halogens is 1. The lowest BCUT2D eigenvalue weighted by atomic mass is 9.80. The van der Waals surface area contributed by atoms with Gasteiger partial charge in [0.05, 0.1) is 31.3 Å². The number of ether oxygens (including phenoxy) is 2. The largest absolute Gasteiger partial charge is 0.768 e. The summed E-state index contributed by atoms with van der Waals surface area (Å²) in [6, 6.07) is 28.5. The molecule has 0 saturated heterocycles. The number of carbonyl (C=O) groups is 5. The van der Waals surface area contributed by atoms with Crippen LogP contribution in [0, 0.1) is 10.8 Å². The molecule has 4 aromatic carbocycles. The fourth-order valence-electron chi connectivity index (χ4n) is 14.9. The Morgan fingerprint density at radius 3 is 1.13 bits per heavy atom. The molecule has 118 heavy (non-hydrogen) atoms. The predicted octanol–water partition coefficient (Wildman–Crippen LogP) is 11.5. The molecule has 3 spiro atoms. The molecule has 10 aromatic rings. The minimum Gasteiger partial charge on any atom is -0.768 e. The van der Waals surface area contributed by atoms with Gasteiger partial charge in [0.2, 0.25) is 27.2 Å². The predicted molar refractivity (Wildman–Crippen MR) is 442 cm³/mol. The van der Waals surface area contributed by atoms with Crippen molar-refractivity contribution in [3.8, 4) is 0 Å². The third-order valence-corrected chi connectivity index (χ3v) is 24.6. The van der Waals surface area contributed by atoms with Crippen LogP contribution in [0.4, 0.5) is 44.2 Å². The van der Waals surface area contributed by atoms with Gasteiger partial charge >= 0.3 is 12.2 Å². The van der Waals surface area contributed by atoms with Crippen molar-refractivity contribution in [2.75, 3.05) is 51.2 Å². The van der Waals surface area contributed by atoms with Crippen LogP contribution in [0.3, 0.4) is 0 Å². The van der Waals surface area contributed by atoms with Gasteiger partial charge in [-0.3, -0.25) is 29.2 Å². The van der Waals surface area contributed by atoms with E-state index in [1.54, 1.807) is 78.2 Å². The zero-order valence-electron chi connectivity index (χ0n) is 64.7. The lowest BCUT2D eigenvalue weighted by Crippen LogP contribution is -2.52. The monoisotopic (exact) mass is 1710 g/mol. The van der Waals surface area contributed by atoms with Gasteiger partial charge in [0.15, 0.2) is 0 Å². The number of nitrogen functional groups attached to an aromatic ring is 2. The first-order valence-corrected chi connectivity index (χ1v) is 43.2. The SMILES string of the molecule is C.CC(C)(C)OC(=O)Nc1ccc(S(=O)(=O)Nc2ncc3cc4n(c3n2)C2(CCCCC2)CNC4=O)cc1.CC(C)(C)OC(=O)Nc1ccc(S(N)(=O)=O)cc1.N#N.Nc1ccc(S(=O)(=O)Nc2ncc3cc4n(c3n2)C2(CCCCC2)CNC4=O)cc1.Nc1ccc(S(=O)[O-])cc1.O=C1NCC2(CCCCC2)n2c1cc1cnc(Cl)nc12. The van der Waals surface area contributed by atoms with Crippen molar-refractivity contribution in [2.45, 2.75) is 193 Å². The summed E-state index contributed by atoms with van der Waals surface area (Å²) in [6.45, 7) is 12.3. The zero-order chi connectivity index (χ0) is 84.6. The van der Waals surface area contributed by atoms with Crippen molar-refractivity contribution in [1.29, 1.82) is 10.8 Å². The number of aromatic nitrogens is 9. The molecule has 5 amide bonds. The second-order valence-corrected chi connectivity index (χ2v) is 37.0. The highest BCUT2D eigenvalue weighted by atomic mass is 35.5. The third kappa shape index (κ3) is 20.9. The highest BCUT2D eigenvalue weighted by molar-refractivity contribution is 7.93. The molecule has 1 atom stereocenters. The van der Waals surface area contributed by atoms with Gasteiger partial charge in [-0.2, -0.15) is 15.0 Å². The van der Waals surface area contributed by atoms with Crippen molar-refractivity contribution in [1.82, 2.24) is 59.6 Å². The molecular formula is C77H93ClN21O15S4-. The van der Waals surface area contributed by atoms with Crippen LogP contribution in [0.5, 0.6) is 0 Å². The van der Waals surface area contributed by atoms with E-state index in [1.807, 2.05) is 15.2 Å². The zero-order valence-corrected chi connectivity index (χ0v) is 68.7. The third-order valence-electron chi connectivity index (χ3n) is 20.2. The van der Waals surface area contributed by atoms with Crippen molar-refractivity contribution in [3.63, 3.8) is 0 Å². The number of nitrogens with zero attached hydrogens (tertiary/aromatic N) is 11. The van der Waals surface area contributed by atoms with Crippen molar-refractivity contribution in [2.24, 2.45) is 5.14 Å². The lowest BCUT2D eigenvalue weighted by Gasteiger charge is -2.42. The van der Waals surface area contributed by atoms with E-state index in [1.165, 1.54) is 117 Å². The Hall–Kier alpha value is -11.5. The van der Waals surface area contributed by atoms with Gasteiger partial charge in [0, 0.05) is 92.8 Å². The number of sulfonamides is 3. The number of hydrogen-bond donors (Lipinski definition) is 10. The van der Waals surface area contributed by atoms with E-state index in [0.717, 1.165) is 81.7 Å². The molecule has 13 N–H and O–H groups in total. The number of carbonyl (C=O) groups excluding carboxylic acids is 5. The number of fused-ring (bicyclic) bond motifs is 12. The van der Waals surface area contributed by atoms with Gasteiger partial charge in [-0.25, -0.2) is 64.4 Å². The van der Waals surface area contributed by atoms with Gasteiger partial charge < -0.3 is 55.1 Å². The summed E-state index contributed by atoms with van der Waals surface area (Å²) in [4.78, 5) is 86.8. The van der Waals surface area contributed by atoms with E-state index in [0.29, 0.717) is 81.5 Å². The Balaban J connectivity index is 0.000000163. The Morgan fingerprint density at radius 1 is 0.500 bits per heavy atom. The molecule has 41 heteroatoms. The van der Waals surface area contributed by atoms with E-state index in [9.17, 15) is 58.0 Å². The van der Waals surface area contributed by atoms with Crippen LogP contribution in [0.1, 0.15) is 177 Å². The molecule has 0 radical (unpaired) electrons. The van der Waals surface area contributed by atoms with E-state index >= 15 is 0 Å². The molecular weight excluding hydrogens is 1620 g/mol. The van der Waals surface area contributed by atoms with Gasteiger partial charge in [-0.15, -0.1) is 0 Å². The summed E-state index contributed by atoms with van der Waals surface area (Å²) in [7, 11) is -11.6. The van der Waals surface area contributed by atoms with Crippen LogP contribution < -0.4 is 52.6 Å². The first-order chi connectivity index (χ1) is 55.3. The van der Waals surface area contributed by atoms with Crippen LogP contribution in [-0.2, 0) is 67.2 Å². The smallest absolute Gasteiger partial charge is 0.412 e. The maximum absolute atomic E-state index is 13.1. The molecule has 36 nitrogen and oxygen atoms in total. The second kappa shape index (κ2) is 36.2. The fourth-order valence-corrected chi connectivity index (χ4v) is 17.8. The van der Waals surface area contributed by atoms with E-state index < -0.39 is 64.5 Å². The first kappa shape index (κ1) is 88.9. The highest BCUT2D eigenvalue weighted by Crippen LogP contribution is 2.44. The topological polar surface area (TPSA) is 548 Å². The fraction of sp³-hybridized carbons (Fsp3) is 0.390. The summed E-state index contributed by atoms with van der Waals surface area (Å²) in [6.07, 6.45) is 19.6. The number of nitrogens with two attached hydrogens (primary N) is 3. The van der Waals surface area contributed by atoms with Gasteiger partial charge in [0.25, 0.3) is 37.8 Å². The molecule has 16 rings (SSSR count). The first-order valence-electron chi connectivity index (χ1n) is 37.3. The number of primary sulfonamides is 1. The Bertz CT molecular complexity index is 5780. The molecule has 9 heterocycles. The molecule has 0 bridgehead atoms. The summed E-state index contributed by atoms with van der Waals surface area (Å²) in [5.74, 6) is -0.460. The lowest BCUT2D eigenvalue weighted by molar-refractivity contribution is 0.0624. The van der Waals surface area contributed by atoms with Crippen LogP contribution in [0.25, 0.3) is 33.1 Å². The molecule has 628 valence electrons. The van der Waals surface area contributed by atoms with Crippen LogP contribution in [-0.4, -0.2) is 138 Å². The van der Waals surface area contributed by atoms with Gasteiger partial charge in [-0.1, -0.05) is 65.2 Å². The van der Waals surface area contributed by atoms with E-state index in [4.69, 9.17) is 48.5 Å². The van der Waals surface area contributed by atoms with Crippen molar-refractivity contribution < 1.29 is 67.5 Å². The standard InChI is InChI=1S/C25H30N6O5S.C20H22N6O3S.C14H15ClN4O.C11H16N2O4S.C6H7NO2S.CH4.N2/c1-24(2,3)36-23(33)28-17-7-9-18(10-8-17)37(34,35)30-22-26-14-16-13-19-21(32)27-15-25(11-5-4-6-12-25)31(19)20(16)29-22;21-14-4-6-15(7-5-14)30(28,29)25-19-22-11-13-10-16-18(27)23-12-20(8-2-1-3-9-20)26(16)17(13)24-19;15-13-16-7-9-6-10-12(20)17-8-14(4-2-1-3-5-14)19(10)11(9)18-13;1-11(2,3)17-10(14)13-8-4-6-9(7-5-8)18(12,15)16;7-5-1-3-6(4-2-5)10(8)9;;1-2/h7-10,13-14H,4-6,11-12,15H2,1-3H3,(H,27,32)(H,28,33)(H,26,29,30);4-7,10-11H,1-3,8-9,12,21H2,(H,23,27)(H,22,24,25);6-7H,1-5,8H2,(H,17,20);4-7H,1-3H3,(H,13,14)(H2,12,15,16);1-4H,7H2,(H,8,9);1H4;/p-1. The minimum absolute atomic E-state index is 0. The number of nitrogens with one attached hydrogen (secondary N) is 7. The maximum Gasteiger partial charge on any atom is 0.412 e. The number of rotatable bonds is 10. The number of anilines is 6. The van der Waals surface area contributed by atoms with Crippen LogP contribution in [0.15, 0.2) is 153 Å². The van der Waals surface area contributed by atoms with Crippen LogP contribution >= 0.6 is 11.6 Å².